The highest BCUT2D eigenvalue weighted by atomic mass is 16.5. The van der Waals surface area contributed by atoms with Crippen LogP contribution >= 0.6 is 0 Å². The van der Waals surface area contributed by atoms with Gasteiger partial charge in [0.2, 0.25) is 11.8 Å². The minimum Gasteiger partial charge on any atom is -0.493 e. The van der Waals surface area contributed by atoms with E-state index >= 15 is 0 Å². The number of hydrogen-bond acceptors (Lipinski definition) is 5. The van der Waals surface area contributed by atoms with Crippen LogP contribution in [0.2, 0.25) is 0 Å². The SMILES string of the molecule is CCN(CC)c1ccc(NC(=O)CC(=O)Nc2ccc(OC)c(OC)c2)c(C)c1. The van der Waals surface area contributed by atoms with Crippen molar-refractivity contribution >= 4 is 28.9 Å². The summed E-state index contributed by atoms with van der Waals surface area (Å²) in [4.78, 5) is 26.7. The van der Waals surface area contributed by atoms with E-state index < -0.39 is 5.91 Å². The number of benzene rings is 2. The van der Waals surface area contributed by atoms with Crippen LogP contribution in [0.25, 0.3) is 0 Å². The van der Waals surface area contributed by atoms with Crippen molar-refractivity contribution in [2.24, 2.45) is 0 Å². The average molecular weight is 399 g/mol. The van der Waals surface area contributed by atoms with E-state index in [2.05, 4.69) is 29.4 Å². The Balaban J connectivity index is 1.97. The number of amides is 2. The number of rotatable bonds is 9. The molecule has 2 aromatic rings. The van der Waals surface area contributed by atoms with Crippen LogP contribution in [0.5, 0.6) is 11.5 Å². The number of anilines is 3. The van der Waals surface area contributed by atoms with Gasteiger partial charge in [-0.15, -0.1) is 0 Å². The number of hydrogen-bond donors (Lipinski definition) is 2. The fourth-order valence-corrected chi connectivity index (χ4v) is 3.03. The van der Waals surface area contributed by atoms with E-state index in [4.69, 9.17) is 9.47 Å². The number of ether oxygens (including phenoxy) is 2. The molecular formula is C22H29N3O4. The summed E-state index contributed by atoms with van der Waals surface area (Å²) in [6.45, 7) is 7.97. The summed E-state index contributed by atoms with van der Waals surface area (Å²) in [5, 5.41) is 5.50. The van der Waals surface area contributed by atoms with Crippen LogP contribution in [-0.4, -0.2) is 39.1 Å². The minimum absolute atomic E-state index is 0.286. The fraction of sp³-hybridized carbons (Fsp3) is 0.364. The lowest BCUT2D eigenvalue weighted by Crippen LogP contribution is -2.23. The van der Waals surface area contributed by atoms with Crippen LogP contribution in [0.1, 0.15) is 25.8 Å². The van der Waals surface area contributed by atoms with Gasteiger partial charge in [-0.25, -0.2) is 0 Å². The van der Waals surface area contributed by atoms with E-state index in [-0.39, 0.29) is 12.3 Å². The zero-order chi connectivity index (χ0) is 21.4. The normalized spacial score (nSPS) is 10.2. The number of carbonyl (C=O) groups is 2. The molecule has 0 aliphatic carbocycles. The lowest BCUT2D eigenvalue weighted by Gasteiger charge is -2.22. The van der Waals surface area contributed by atoms with Gasteiger partial charge in [0.05, 0.1) is 14.2 Å². The molecule has 0 spiro atoms. The number of nitrogens with one attached hydrogen (secondary N) is 2. The molecule has 7 heteroatoms. The predicted octanol–water partition coefficient (Wildman–Crippen LogP) is 3.83. The third-order valence-electron chi connectivity index (χ3n) is 4.60. The molecule has 2 amide bonds. The Morgan fingerprint density at radius 2 is 1.55 bits per heavy atom. The molecule has 0 aliphatic heterocycles. The lowest BCUT2D eigenvalue weighted by atomic mass is 10.1. The molecule has 2 aromatic carbocycles. The molecule has 0 aliphatic rings. The first-order valence-electron chi connectivity index (χ1n) is 9.59. The molecule has 7 nitrogen and oxygen atoms in total. The van der Waals surface area contributed by atoms with Crippen LogP contribution in [0, 0.1) is 6.92 Å². The van der Waals surface area contributed by atoms with Crippen molar-refractivity contribution in [2.75, 3.05) is 42.8 Å². The Kier molecular flexibility index (Phi) is 7.88. The van der Waals surface area contributed by atoms with Gasteiger partial charge in [-0.05, 0) is 56.7 Å². The zero-order valence-electron chi connectivity index (χ0n) is 17.7. The quantitative estimate of drug-likeness (QED) is 0.627. The second-order valence-electron chi connectivity index (χ2n) is 6.51. The second kappa shape index (κ2) is 10.4. The zero-order valence-corrected chi connectivity index (χ0v) is 17.7. The standard InChI is InChI=1S/C22H29N3O4/c1-6-25(7-2)17-9-10-18(15(3)12-17)24-22(27)14-21(26)23-16-8-11-19(28-4)20(13-16)29-5/h8-13H,6-7,14H2,1-5H3,(H,23,26)(H,24,27). The third kappa shape index (κ3) is 5.88. The molecule has 0 heterocycles. The van der Waals surface area contributed by atoms with E-state index in [0.717, 1.165) is 24.3 Å². The maximum absolute atomic E-state index is 12.3. The summed E-state index contributed by atoms with van der Waals surface area (Å²) < 4.78 is 10.4. The Labute approximate surface area is 172 Å². The minimum atomic E-state index is -0.410. The molecule has 0 saturated carbocycles. The molecule has 156 valence electrons. The number of methoxy groups -OCH3 is 2. The van der Waals surface area contributed by atoms with Crippen LogP contribution in [0.4, 0.5) is 17.1 Å². The van der Waals surface area contributed by atoms with Crippen molar-refractivity contribution in [3.8, 4) is 11.5 Å². The summed E-state index contributed by atoms with van der Waals surface area (Å²) in [5.41, 5.74) is 3.28. The summed E-state index contributed by atoms with van der Waals surface area (Å²) in [6.07, 6.45) is -0.286. The van der Waals surface area contributed by atoms with Crippen LogP contribution < -0.4 is 25.0 Å². The van der Waals surface area contributed by atoms with Gasteiger partial charge in [-0.2, -0.15) is 0 Å². The molecule has 29 heavy (non-hydrogen) atoms. The van der Waals surface area contributed by atoms with Gasteiger partial charge >= 0.3 is 0 Å². The first kappa shape index (κ1) is 22.1. The molecule has 0 radical (unpaired) electrons. The summed E-state index contributed by atoms with van der Waals surface area (Å²) >= 11 is 0. The average Bonchev–Trinajstić information content (AvgIpc) is 2.70. The highest BCUT2D eigenvalue weighted by molar-refractivity contribution is 6.08. The largest absolute Gasteiger partial charge is 0.493 e. The number of carbonyl (C=O) groups excluding carboxylic acids is 2. The Hall–Kier alpha value is -3.22. The van der Waals surface area contributed by atoms with Gasteiger partial charge in [0, 0.05) is 36.2 Å². The summed E-state index contributed by atoms with van der Waals surface area (Å²) in [5.74, 6) is 0.277. The van der Waals surface area contributed by atoms with E-state index in [1.807, 2.05) is 25.1 Å². The Morgan fingerprint density at radius 1 is 0.897 bits per heavy atom. The molecule has 0 atom stereocenters. The van der Waals surface area contributed by atoms with Crippen LogP contribution in [0.3, 0.4) is 0 Å². The summed E-state index contributed by atoms with van der Waals surface area (Å²) in [7, 11) is 3.06. The molecule has 0 aromatic heterocycles. The van der Waals surface area contributed by atoms with Crippen molar-refractivity contribution in [1.82, 2.24) is 0 Å². The van der Waals surface area contributed by atoms with Gasteiger partial charge in [-0.3, -0.25) is 9.59 Å². The Morgan fingerprint density at radius 3 is 2.14 bits per heavy atom. The smallest absolute Gasteiger partial charge is 0.233 e. The fourth-order valence-electron chi connectivity index (χ4n) is 3.03. The van der Waals surface area contributed by atoms with Gasteiger partial charge in [0.1, 0.15) is 6.42 Å². The van der Waals surface area contributed by atoms with Crippen LogP contribution in [-0.2, 0) is 9.59 Å². The van der Waals surface area contributed by atoms with Crippen molar-refractivity contribution < 1.29 is 19.1 Å². The highest BCUT2D eigenvalue weighted by Crippen LogP contribution is 2.29. The van der Waals surface area contributed by atoms with Gasteiger partial charge in [0.15, 0.2) is 11.5 Å². The Bertz CT molecular complexity index is 863. The maximum Gasteiger partial charge on any atom is 0.233 e. The molecular weight excluding hydrogens is 370 g/mol. The van der Waals surface area contributed by atoms with E-state index in [9.17, 15) is 9.59 Å². The van der Waals surface area contributed by atoms with E-state index in [1.54, 1.807) is 18.2 Å². The molecule has 0 unspecified atom stereocenters. The molecule has 0 bridgehead atoms. The van der Waals surface area contributed by atoms with Crippen molar-refractivity contribution in [3.05, 3.63) is 42.0 Å². The maximum atomic E-state index is 12.3. The monoisotopic (exact) mass is 399 g/mol. The predicted molar refractivity (Wildman–Crippen MR) is 116 cm³/mol. The van der Waals surface area contributed by atoms with Gasteiger partial charge < -0.3 is 25.0 Å². The molecule has 2 N–H and O–H groups in total. The van der Waals surface area contributed by atoms with Crippen molar-refractivity contribution in [1.29, 1.82) is 0 Å². The van der Waals surface area contributed by atoms with Crippen molar-refractivity contribution in [2.45, 2.75) is 27.2 Å². The van der Waals surface area contributed by atoms with Crippen molar-refractivity contribution in [3.63, 3.8) is 0 Å². The third-order valence-corrected chi connectivity index (χ3v) is 4.60. The molecule has 0 fully saturated rings. The van der Waals surface area contributed by atoms with E-state index in [1.165, 1.54) is 14.2 Å². The highest BCUT2D eigenvalue weighted by Gasteiger charge is 2.13. The molecule has 0 saturated heterocycles. The van der Waals surface area contributed by atoms with Crippen LogP contribution in [0.15, 0.2) is 36.4 Å². The molecule has 2 rings (SSSR count). The van der Waals surface area contributed by atoms with Gasteiger partial charge in [-0.1, -0.05) is 0 Å². The van der Waals surface area contributed by atoms with E-state index in [0.29, 0.717) is 22.9 Å². The lowest BCUT2D eigenvalue weighted by molar-refractivity contribution is -0.123. The van der Waals surface area contributed by atoms with Gasteiger partial charge in [0.25, 0.3) is 0 Å². The number of aryl methyl sites for hydroxylation is 1. The summed E-state index contributed by atoms with van der Waals surface area (Å²) in [6, 6.07) is 10.9. The topological polar surface area (TPSA) is 79.9 Å². The first-order chi connectivity index (χ1) is 13.9. The second-order valence-corrected chi connectivity index (χ2v) is 6.51. The number of nitrogens with zero attached hydrogens (tertiary/aromatic N) is 1. The first-order valence-corrected chi connectivity index (χ1v) is 9.59.